The molecule has 0 radical (unpaired) electrons. The lowest BCUT2D eigenvalue weighted by molar-refractivity contribution is -0.144. The second-order valence-corrected chi connectivity index (χ2v) is 4.43. The molecule has 1 aromatic heterocycles. The van der Waals surface area contributed by atoms with Crippen molar-refractivity contribution in [3.05, 3.63) is 23.9 Å². The van der Waals surface area contributed by atoms with Gasteiger partial charge >= 0.3 is 11.9 Å². The minimum Gasteiger partial charge on any atom is -0.469 e. The zero-order valence-corrected chi connectivity index (χ0v) is 12.3. The van der Waals surface area contributed by atoms with Gasteiger partial charge in [0, 0.05) is 19.8 Å². The van der Waals surface area contributed by atoms with E-state index in [0.29, 0.717) is 24.5 Å². The van der Waals surface area contributed by atoms with Crippen LogP contribution in [-0.2, 0) is 14.3 Å². The molecule has 110 valence electrons. The van der Waals surface area contributed by atoms with Crippen LogP contribution in [0.15, 0.2) is 18.3 Å². The lowest BCUT2D eigenvalue weighted by Crippen LogP contribution is -2.29. The Labute approximate surface area is 118 Å². The third-order valence-corrected chi connectivity index (χ3v) is 2.80. The number of carbonyl (C=O) groups excluding carboxylic acids is 2. The first kappa shape index (κ1) is 15.9. The SMILES string of the molecule is CCOC(=O)c1ccc(N(C)CC(C)C(=O)OC)nc1. The average molecular weight is 280 g/mol. The molecule has 1 rings (SSSR count). The van der Waals surface area contributed by atoms with Crippen LogP contribution in [0.25, 0.3) is 0 Å². The number of nitrogens with zero attached hydrogens (tertiary/aromatic N) is 2. The molecule has 0 aliphatic rings. The first-order valence-electron chi connectivity index (χ1n) is 6.41. The number of rotatable bonds is 6. The standard InChI is InChI=1S/C14H20N2O4/c1-5-20-14(18)11-6-7-12(15-8-11)16(3)9-10(2)13(17)19-4/h6-8,10H,5,9H2,1-4H3. The number of esters is 2. The molecule has 0 bridgehead atoms. The van der Waals surface area contributed by atoms with E-state index in [1.807, 2.05) is 11.9 Å². The van der Waals surface area contributed by atoms with E-state index in [9.17, 15) is 9.59 Å². The van der Waals surface area contributed by atoms with Gasteiger partial charge in [0.25, 0.3) is 0 Å². The van der Waals surface area contributed by atoms with Crippen molar-refractivity contribution < 1.29 is 19.1 Å². The summed E-state index contributed by atoms with van der Waals surface area (Å²) < 4.78 is 9.56. The van der Waals surface area contributed by atoms with E-state index in [2.05, 4.69) is 9.72 Å². The van der Waals surface area contributed by atoms with Gasteiger partial charge in [-0.1, -0.05) is 6.92 Å². The summed E-state index contributed by atoms with van der Waals surface area (Å²) in [5, 5.41) is 0. The maximum absolute atomic E-state index is 11.5. The maximum Gasteiger partial charge on any atom is 0.339 e. The Morgan fingerprint density at radius 3 is 2.60 bits per heavy atom. The molecule has 0 aromatic carbocycles. The van der Waals surface area contributed by atoms with Crippen molar-refractivity contribution >= 4 is 17.8 Å². The molecule has 0 aliphatic carbocycles. The van der Waals surface area contributed by atoms with Gasteiger partial charge in [0.2, 0.25) is 0 Å². The fourth-order valence-corrected chi connectivity index (χ4v) is 1.73. The number of carbonyl (C=O) groups is 2. The van der Waals surface area contributed by atoms with Crippen LogP contribution in [0, 0.1) is 5.92 Å². The first-order chi connectivity index (χ1) is 9.49. The Hall–Kier alpha value is -2.11. The van der Waals surface area contributed by atoms with Gasteiger partial charge in [0.15, 0.2) is 0 Å². The van der Waals surface area contributed by atoms with Crippen molar-refractivity contribution in [2.45, 2.75) is 13.8 Å². The molecule has 6 nitrogen and oxygen atoms in total. The topological polar surface area (TPSA) is 68.7 Å². The number of ether oxygens (including phenoxy) is 2. The van der Waals surface area contributed by atoms with Crippen LogP contribution in [-0.4, -0.2) is 44.2 Å². The molecule has 0 aliphatic heterocycles. The quantitative estimate of drug-likeness (QED) is 0.736. The fourth-order valence-electron chi connectivity index (χ4n) is 1.73. The summed E-state index contributed by atoms with van der Waals surface area (Å²) in [5.74, 6) is -0.234. The Morgan fingerprint density at radius 2 is 2.10 bits per heavy atom. The Kier molecular flexibility index (Phi) is 5.96. The highest BCUT2D eigenvalue weighted by molar-refractivity contribution is 5.89. The number of pyridine rings is 1. The molecule has 1 atom stereocenters. The summed E-state index contributed by atoms with van der Waals surface area (Å²) in [6.45, 7) is 4.35. The van der Waals surface area contributed by atoms with E-state index < -0.39 is 5.97 Å². The first-order valence-corrected chi connectivity index (χ1v) is 6.41. The predicted octanol–water partition coefficient (Wildman–Crippen LogP) is 1.50. The third-order valence-electron chi connectivity index (χ3n) is 2.80. The Morgan fingerprint density at radius 1 is 1.40 bits per heavy atom. The van der Waals surface area contributed by atoms with E-state index >= 15 is 0 Å². The summed E-state index contributed by atoms with van der Waals surface area (Å²) in [7, 11) is 3.19. The van der Waals surface area contributed by atoms with Crippen molar-refractivity contribution in [3.63, 3.8) is 0 Å². The van der Waals surface area contributed by atoms with Gasteiger partial charge in [0.1, 0.15) is 5.82 Å². The molecule has 1 unspecified atom stereocenters. The largest absolute Gasteiger partial charge is 0.469 e. The van der Waals surface area contributed by atoms with Crippen LogP contribution in [0.3, 0.4) is 0 Å². The van der Waals surface area contributed by atoms with Crippen molar-refractivity contribution in [1.29, 1.82) is 0 Å². The lowest BCUT2D eigenvalue weighted by atomic mass is 10.1. The number of hydrogen-bond donors (Lipinski definition) is 0. The molecular formula is C14H20N2O4. The molecule has 20 heavy (non-hydrogen) atoms. The van der Waals surface area contributed by atoms with Gasteiger partial charge in [-0.05, 0) is 19.1 Å². The van der Waals surface area contributed by atoms with Gasteiger partial charge in [-0.3, -0.25) is 4.79 Å². The Bertz CT molecular complexity index is 459. The number of methoxy groups -OCH3 is 1. The summed E-state index contributed by atoms with van der Waals surface area (Å²) in [5.41, 5.74) is 0.407. The molecule has 1 heterocycles. The minimum atomic E-state index is -0.392. The van der Waals surface area contributed by atoms with E-state index in [-0.39, 0.29) is 11.9 Å². The molecule has 0 amide bonds. The van der Waals surface area contributed by atoms with Gasteiger partial charge in [0.05, 0.1) is 25.2 Å². The van der Waals surface area contributed by atoms with Crippen LogP contribution in [0.1, 0.15) is 24.2 Å². The molecule has 0 spiro atoms. The lowest BCUT2D eigenvalue weighted by Gasteiger charge is -2.21. The minimum absolute atomic E-state index is 0.253. The van der Waals surface area contributed by atoms with Crippen molar-refractivity contribution in [1.82, 2.24) is 4.98 Å². The Balaban J connectivity index is 2.68. The molecule has 6 heteroatoms. The van der Waals surface area contributed by atoms with E-state index in [0.717, 1.165) is 0 Å². The van der Waals surface area contributed by atoms with Crippen molar-refractivity contribution in [2.24, 2.45) is 5.92 Å². The average Bonchev–Trinajstić information content (AvgIpc) is 2.46. The third kappa shape index (κ3) is 4.22. The highest BCUT2D eigenvalue weighted by Crippen LogP contribution is 2.12. The number of anilines is 1. The van der Waals surface area contributed by atoms with E-state index in [1.54, 1.807) is 26.0 Å². The van der Waals surface area contributed by atoms with E-state index in [1.165, 1.54) is 13.3 Å². The van der Waals surface area contributed by atoms with Crippen molar-refractivity contribution in [3.8, 4) is 0 Å². The molecule has 0 saturated carbocycles. The van der Waals surface area contributed by atoms with Crippen LogP contribution in [0.2, 0.25) is 0 Å². The van der Waals surface area contributed by atoms with E-state index in [4.69, 9.17) is 4.74 Å². The molecule has 0 N–H and O–H groups in total. The summed E-state index contributed by atoms with van der Waals surface area (Å²) >= 11 is 0. The fraction of sp³-hybridized carbons (Fsp3) is 0.500. The molecule has 0 saturated heterocycles. The van der Waals surface area contributed by atoms with Gasteiger partial charge < -0.3 is 14.4 Å². The van der Waals surface area contributed by atoms with Crippen molar-refractivity contribution in [2.75, 3.05) is 32.2 Å². The molecule has 0 fully saturated rings. The van der Waals surface area contributed by atoms with Crippen LogP contribution in [0.4, 0.5) is 5.82 Å². The summed E-state index contributed by atoms with van der Waals surface area (Å²) in [6.07, 6.45) is 1.46. The molecule has 1 aromatic rings. The smallest absolute Gasteiger partial charge is 0.339 e. The summed E-state index contributed by atoms with van der Waals surface area (Å²) in [6, 6.07) is 3.37. The van der Waals surface area contributed by atoms with Crippen LogP contribution in [0.5, 0.6) is 0 Å². The normalized spacial score (nSPS) is 11.6. The molecular weight excluding hydrogens is 260 g/mol. The maximum atomic E-state index is 11.5. The second kappa shape index (κ2) is 7.47. The predicted molar refractivity (Wildman–Crippen MR) is 74.6 cm³/mol. The van der Waals surface area contributed by atoms with Crippen LogP contribution < -0.4 is 4.90 Å². The number of hydrogen-bond acceptors (Lipinski definition) is 6. The zero-order chi connectivity index (χ0) is 15.1. The van der Waals surface area contributed by atoms with Gasteiger partial charge in [-0.15, -0.1) is 0 Å². The van der Waals surface area contributed by atoms with Gasteiger partial charge in [-0.25, -0.2) is 9.78 Å². The summed E-state index contributed by atoms with van der Waals surface area (Å²) in [4.78, 5) is 28.9. The van der Waals surface area contributed by atoms with Crippen LogP contribution >= 0.6 is 0 Å². The zero-order valence-electron chi connectivity index (χ0n) is 12.3. The number of aromatic nitrogens is 1. The monoisotopic (exact) mass is 280 g/mol. The highest BCUT2D eigenvalue weighted by atomic mass is 16.5. The highest BCUT2D eigenvalue weighted by Gasteiger charge is 2.16. The van der Waals surface area contributed by atoms with Gasteiger partial charge in [-0.2, -0.15) is 0 Å². The second-order valence-electron chi connectivity index (χ2n) is 4.43.